The molecule has 2 aromatic rings. The Labute approximate surface area is 150 Å². The molecule has 0 saturated heterocycles. The molecule has 0 aliphatic carbocycles. The Bertz CT molecular complexity index is 943. The molecular weight excluding hydrogens is 360 g/mol. The Morgan fingerprint density at radius 3 is 2.58 bits per heavy atom. The van der Waals surface area contributed by atoms with Crippen LogP contribution in [0.4, 0.5) is 11.4 Å². The first-order valence-corrected chi connectivity index (χ1v) is 9.52. The highest BCUT2D eigenvalue weighted by Gasteiger charge is 2.18. The average Bonchev–Trinajstić information content (AvgIpc) is 2.57. The highest BCUT2D eigenvalue weighted by atomic mass is 32.2. The molecule has 2 rings (SSSR count). The molecule has 0 aliphatic rings. The monoisotopic (exact) mass is 378 g/mol. The first kappa shape index (κ1) is 19.3. The Kier molecular flexibility index (Phi) is 5.88. The van der Waals surface area contributed by atoms with Crippen molar-refractivity contribution in [2.24, 2.45) is 0 Å². The molecule has 0 fully saturated rings. The minimum absolute atomic E-state index is 0.131. The zero-order chi connectivity index (χ0) is 19.3. The third kappa shape index (κ3) is 4.99. The normalized spacial score (nSPS) is 11.0. The molecular formula is C16H18N4O5S. The summed E-state index contributed by atoms with van der Waals surface area (Å²) in [5.74, 6) is -0.350. The van der Waals surface area contributed by atoms with E-state index in [1.165, 1.54) is 12.1 Å². The van der Waals surface area contributed by atoms with Gasteiger partial charge in [-0.2, -0.15) is 0 Å². The Hall–Kier alpha value is -3.01. The van der Waals surface area contributed by atoms with Crippen molar-refractivity contribution >= 4 is 27.1 Å². The van der Waals surface area contributed by atoms with E-state index < -0.39 is 14.8 Å². The fraction of sp³-hybridized carbons (Fsp3) is 0.250. The van der Waals surface area contributed by atoms with E-state index in [4.69, 9.17) is 0 Å². The molecule has 0 aliphatic heterocycles. The van der Waals surface area contributed by atoms with E-state index >= 15 is 0 Å². The second-order valence-electron chi connectivity index (χ2n) is 5.56. The van der Waals surface area contributed by atoms with Crippen molar-refractivity contribution in [3.63, 3.8) is 0 Å². The predicted octanol–water partition coefficient (Wildman–Crippen LogP) is 1.54. The van der Waals surface area contributed by atoms with E-state index in [1.807, 2.05) is 0 Å². The number of carbonyl (C=O) groups excluding carboxylic acids is 1. The smallest absolute Gasteiger partial charge is 0.293 e. The summed E-state index contributed by atoms with van der Waals surface area (Å²) in [6.45, 7) is 2.20. The number of amides is 1. The van der Waals surface area contributed by atoms with Gasteiger partial charge >= 0.3 is 0 Å². The number of pyridine rings is 1. The fourth-order valence-corrected chi connectivity index (χ4v) is 2.82. The van der Waals surface area contributed by atoms with E-state index in [-0.39, 0.29) is 41.0 Å². The lowest BCUT2D eigenvalue weighted by Gasteiger charge is -2.09. The summed E-state index contributed by atoms with van der Waals surface area (Å²) in [6, 6.07) is 8.72. The van der Waals surface area contributed by atoms with Gasteiger partial charge in [0.1, 0.15) is 11.4 Å². The van der Waals surface area contributed by atoms with Gasteiger partial charge in [-0.3, -0.25) is 14.9 Å². The van der Waals surface area contributed by atoms with Crippen LogP contribution in [0.15, 0.2) is 41.3 Å². The van der Waals surface area contributed by atoms with Crippen LogP contribution in [-0.4, -0.2) is 43.6 Å². The van der Waals surface area contributed by atoms with Crippen molar-refractivity contribution in [3.05, 3.63) is 57.9 Å². The van der Waals surface area contributed by atoms with Crippen molar-refractivity contribution in [2.75, 3.05) is 24.7 Å². The lowest BCUT2D eigenvalue weighted by Crippen LogP contribution is -2.29. The predicted molar refractivity (Wildman–Crippen MR) is 96.0 cm³/mol. The van der Waals surface area contributed by atoms with E-state index in [9.17, 15) is 23.3 Å². The van der Waals surface area contributed by atoms with E-state index in [2.05, 4.69) is 15.6 Å². The number of nitrogens with zero attached hydrogens (tertiary/aromatic N) is 2. The second kappa shape index (κ2) is 7.91. The van der Waals surface area contributed by atoms with Gasteiger partial charge in [0.2, 0.25) is 0 Å². The Balaban J connectivity index is 1.99. The Morgan fingerprint density at radius 1 is 1.23 bits per heavy atom. The third-order valence-corrected chi connectivity index (χ3v) is 4.55. The first-order valence-electron chi connectivity index (χ1n) is 7.62. The lowest BCUT2D eigenvalue weighted by atomic mass is 10.2. The molecule has 0 atom stereocenters. The summed E-state index contributed by atoms with van der Waals surface area (Å²) in [7, 11) is -3.54. The second-order valence-corrected chi connectivity index (χ2v) is 7.57. The number of anilines is 1. The topological polar surface area (TPSA) is 131 Å². The number of nitrogens with one attached hydrogen (secondary N) is 2. The van der Waals surface area contributed by atoms with Crippen LogP contribution < -0.4 is 10.6 Å². The quantitative estimate of drug-likeness (QED) is 0.424. The van der Waals surface area contributed by atoms with E-state index in [1.54, 1.807) is 25.1 Å². The zero-order valence-corrected chi connectivity index (χ0v) is 15.0. The highest BCUT2D eigenvalue weighted by molar-refractivity contribution is 7.90. The number of aromatic nitrogens is 1. The summed E-state index contributed by atoms with van der Waals surface area (Å²) in [4.78, 5) is 26.4. The minimum Gasteiger partial charge on any atom is -0.378 e. The van der Waals surface area contributed by atoms with Gasteiger partial charge in [0.05, 0.1) is 9.82 Å². The standard InChI is InChI=1S/C16H18N4O5S/c1-11-4-3-5-14(19-11)16(21)18-9-8-17-13-7-6-12(26(2,24)25)10-15(13)20(22)23/h3-7,10,17H,8-9H2,1-2H3,(H,18,21). The maximum Gasteiger partial charge on any atom is 0.293 e. The molecule has 138 valence electrons. The van der Waals surface area contributed by atoms with E-state index in [0.29, 0.717) is 0 Å². The summed E-state index contributed by atoms with van der Waals surface area (Å²) < 4.78 is 23.0. The van der Waals surface area contributed by atoms with Crippen molar-refractivity contribution in [1.82, 2.24) is 10.3 Å². The van der Waals surface area contributed by atoms with Crippen molar-refractivity contribution in [3.8, 4) is 0 Å². The summed E-state index contributed by atoms with van der Waals surface area (Å²) in [5.41, 5.74) is 0.829. The maximum atomic E-state index is 12.0. The molecule has 0 saturated carbocycles. The SMILES string of the molecule is Cc1cccc(C(=O)NCCNc2ccc(S(C)(=O)=O)cc2[N+](=O)[O-])n1. The molecule has 2 N–H and O–H groups in total. The number of hydrogen-bond donors (Lipinski definition) is 2. The molecule has 9 nitrogen and oxygen atoms in total. The van der Waals surface area contributed by atoms with Crippen LogP contribution in [-0.2, 0) is 9.84 Å². The van der Waals surface area contributed by atoms with Crippen LogP contribution in [0.3, 0.4) is 0 Å². The molecule has 0 bridgehead atoms. The maximum absolute atomic E-state index is 12.0. The van der Waals surface area contributed by atoms with Gasteiger partial charge in [-0.15, -0.1) is 0 Å². The molecule has 10 heteroatoms. The molecule has 0 spiro atoms. The van der Waals surface area contributed by atoms with Crippen molar-refractivity contribution in [1.29, 1.82) is 0 Å². The van der Waals surface area contributed by atoms with Gasteiger partial charge in [0.25, 0.3) is 11.6 Å². The number of nitro benzene ring substituents is 1. The van der Waals surface area contributed by atoms with Crippen LogP contribution in [0, 0.1) is 17.0 Å². The lowest BCUT2D eigenvalue weighted by molar-refractivity contribution is -0.384. The van der Waals surface area contributed by atoms with Crippen LogP contribution in [0.2, 0.25) is 0 Å². The molecule has 1 heterocycles. The minimum atomic E-state index is -3.54. The van der Waals surface area contributed by atoms with Gasteiger partial charge in [0.15, 0.2) is 9.84 Å². The number of carbonyl (C=O) groups is 1. The van der Waals surface area contributed by atoms with Crippen molar-refractivity contribution in [2.45, 2.75) is 11.8 Å². The van der Waals surface area contributed by atoms with Crippen LogP contribution >= 0.6 is 0 Å². The average molecular weight is 378 g/mol. The summed E-state index contributed by atoms with van der Waals surface area (Å²) in [5, 5.41) is 16.6. The van der Waals surface area contributed by atoms with Crippen LogP contribution in [0.1, 0.15) is 16.2 Å². The molecule has 0 radical (unpaired) electrons. The fourth-order valence-electron chi connectivity index (χ4n) is 2.18. The third-order valence-electron chi connectivity index (χ3n) is 3.44. The molecule has 1 aromatic carbocycles. The molecule has 1 amide bonds. The van der Waals surface area contributed by atoms with Crippen LogP contribution in [0.5, 0.6) is 0 Å². The number of rotatable bonds is 7. The number of aryl methyl sites for hydroxylation is 1. The Morgan fingerprint density at radius 2 is 1.96 bits per heavy atom. The molecule has 26 heavy (non-hydrogen) atoms. The molecule has 0 unspecified atom stereocenters. The summed E-state index contributed by atoms with van der Waals surface area (Å²) >= 11 is 0. The van der Waals surface area contributed by atoms with Gasteiger partial charge in [-0.05, 0) is 31.2 Å². The summed E-state index contributed by atoms with van der Waals surface area (Å²) in [6.07, 6.45) is 0.980. The molecule has 1 aromatic heterocycles. The van der Waals surface area contributed by atoms with Crippen LogP contribution in [0.25, 0.3) is 0 Å². The first-order chi connectivity index (χ1) is 12.2. The van der Waals surface area contributed by atoms with E-state index in [0.717, 1.165) is 18.0 Å². The number of nitro groups is 1. The van der Waals surface area contributed by atoms with Gasteiger partial charge in [0, 0.05) is 31.1 Å². The van der Waals surface area contributed by atoms with Gasteiger partial charge in [-0.1, -0.05) is 6.07 Å². The van der Waals surface area contributed by atoms with Gasteiger partial charge in [-0.25, -0.2) is 13.4 Å². The van der Waals surface area contributed by atoms with Gasteiger partial charge < -0.3 is 10.6 Å². The number of hydrogen-bond acceptors (Lipinski definition) is 7. The number of sulfone groups is 1. The number of benzene rings is 1. The largest absolute Gasteiger partial charge is 0.378 e. The van der Waals surface area contributed by atoms with Crippen molar-refractivity contribution < 1.29 is 18.1 Å². The highest BCUT2D eigenvalue weighted by Crippen LogP contribution is 2.27. The zero-order valence-electron chi connectivity index (χ0n) is 14.2.